The monoisotopic (exact) mass is 305 g/mol. The number of aryl methyl sites for hydroxylation is 1. The molecule has 0 atom stereocenters. The number of piperazine rings is 1. The molecule has 0 unspecified atom stereocenters. The summed E-state index contributed by atoms with van der Waals surface area (Å²) in [5.41, 5.74) is 0. The molecule has 0 bridgehead atoms. The second-order valence-corrected chi connectivity index (χ2v) is 6.15. The number of aromatic nitrogens is 2. The van der Waals surface area contributed by atoms with Crippen LogP contribution in [-0.2, 0) is 4.79 Å². The lowest BCUT2D eigenvalue weighted by atomic mass is 10.1. The van der Waals surface area contributed by atoms with E-state index >= 15 is 0 Å². The van der Waals surface area contributed by atoms with Crippen LogP contribution >= 0.6 is 0 Å². The number of carbonyl (C=O) groups is 1. The van der Waals surface area contributed by atoms with Crippen LogP contribution in [0.2, 0.25) is 0 Å². The Balaban J connectivity index is 1.98. The van der Waals surface area contributed by atoms with Gasteiger partial charge in [-0.3, -0.25) is 4.79 Å². The fraction of sp³-hybridized carbons (Fsp3) is 0.688. The highest BCUT2D eigenvalue weighted by atomic mass is 16.2. The third kappa shape index (κ3) is 4.32. The molecule has 2 rings (SSSR count). The number of amides is 1. The molecular weight excluding hydrogens is 278 g/mol. The van der Waals surface area contributed by atoms with Crippen molar-refractivity contribution in [2.75, 3.05) is 42.9 Å². The molecule has 1 aliphatic rings. The van der Waals surface area contributed by atoms with E-state index in [1.807, 2.05) is 17.9 Å². The molecule has 0 aromatic carbocycles. The van der Waals surface area contributed by atoms with Crippen molar-refractivity contribution >= 4 is 17.5 Å². The van der Waals surface area contributed by atoms with Crippen molar-refractivity contribution in [1.82, 2.24) is 14.9 Å². The van der Waals surface area contributed by atoms with E-state index in [4.69, 9.17) is 0 Å². The standard InChI is InChI=1S/C16H27N5O/c1-5-17-14-11-15(19-13(4)18-14)20-6-8-21(9-7-20)16(22)10-12(2)3/h11-12H,5-10H2,1-4H3,(H,17,18,19). The average Bonchev–Trinajstić information content (AvgIpc) is 2.46. The predicted molar refractivity (Wildman–Crippen MR) is 89.2 cm³/mol. The Bertz CT molecular complexity index is 509. The first-order valence-corrected chi connectivity index (χ1v) is 8.12. The van der Waals surface area contributed by atoms with Gasteiger partial charge < -0.3 is 15.1 Å². The van der Waals surface area contributed by atoms with E-state index in [-0.39, 0.29) is 5.91 Å². The zero-order valence-electron chi connectivity index (χ0n) is 14.1. The molecule has 2 heterocycles. The Labute approximate surface area is 132 Å². The van der Waals surface area contributed by atoms with Crippen molar-refractivity contribution in [3.63, 3.8) is 0 Å². The summed E-state index contributed by atoms with van der Waals surface area (Å²) in [5, 5.41) is 3.23. The van der Waals surface area contributed by atoms with Gasteiger partial charge in [-0.2, -0.15) is 0 Å². The first-order chi connectivity index (χ1) is 10.5. The molecule has 122 valence electrons. The summed E-state index contributed by atoms with van der Waals surface area (Å²) in [7, 11) is 0. The highest BCUT2D eigenvalue weighted by Gasteiger charge is 2.22. The minimum absolute atomic E-state index is 0.266. The first kappa shape index (κ1) is 16.5. The van der Waals surface area contributed by atoms with Gasteiger partial charge in [0.15, 0.2) is 0 Å². The maximum absolute atomic E-state index is 12.1. The highest BCUT2D eigenvalue weighted by molar-refractivity contribution is 5.76. The second-order valence-electron chi connectivity index (χ2n) is 6.15. The molecule has 0 aliphatic carbocycles. The summed E-state index contributed by atoms with van der Waals surface area (Å²) in [5.74, 6) is 3.26. The summed E-state index contributed by atoms with van der Waals surface area (Å²) < 4.78 is 0. The largest absolute Gasteiger partial charge is 0.370 e. The Morgan fingerprint density at radius 3 is 2.55 bits per heavy atom. The molecule has 1 fully saturated rings. The van der Waals surface area contributed by atoms with E-state index in [2.05, 4.69) is 41.0 Å². The highest BCUT2D eigenvalue weighted by Crippen LogP contribution is 2.18. The van der Waals surface area contributed by atoms with Crippen molar-refractivity contribution in [3.8, 4) is 0 Å². The average molecular weight is 305 g/mol. The van der Waals surface area contributed by atoms with E-state index in [1.165, 1.54) is 0 Å². The SMILES string of the molecule is CCNc1cc(N2CCN(C(=O)CC(C)C)CC2)nc(C)n1. The maximum atomic E-state index is 12.1. The van der Waals surface area contributed by atoms with Crippen molar-refractivity contribution in [2.24, 2.45) is 5.92 Å². The molecule has 1 N–H and O–H groups in total. The minimum Gasteiger partial charge on any atom is -0.370 e. The van der Waals surface area contributed by atoms with Crippen LogP contribution in [0.1, 0.15) is 33.0 Å². The molecule has 1 saturated heterocycles. The molecule has 1 aliphatic heterocycles. The molecule has 1 aromatic heterocycles. The van der Waals surface area contributed by atoms with Crippen LogP contribution in [0.25, 0.3) is 0 Å². The Hall–Kier alpha value is -1.85. The van der Waals surface area contributed by atoms with Gasteiger partial charge in [-0.25, -0.2) is 9.97 Å². The van der Waals surface area contributed by atoms with Crippen molar-refractivity contribution in [3.05, 3.63) is 11.9 Å². The first-order valence-electron chi connectivity index (χ1n) is 8.12. The normalized spacial score (nSPS) is 15.3. The molecule has 1 aromatic rings. The summed E-state index contributed by atoms with van der Waals surface area (Å²) in [6, 6.07) is 1.99. The van der Waals surface area contributed by atoms with E-state index in [0.717, 1.165) is 50.2 Å². The van der Waals surface area contributed by atoms with Crippen LogP contribution in [0.3, 0.4) is 0 Å². The third-order valence-corrected chi connectivity index (χ3v) is 3.72. The summed E-state index contributed by atoms with van der Waals surface area (Å²) in [4.78, 5) is 25.2. The second kappa shape index (κ2) is 7.42. The topological polar surface area (TPSA) is 61.4 Å². The number of hydrogen-bond donors (Lipinski definition) is 1. The number of carbonyl (C=O) groups excluding carboxylic acids is 1. The molecule has 0 spiro atoms. The van der Waals surface area contributed by atoms with Crippen LogP contribution in [0.5, 0.6) is 0 Å². The van der Waals surface area contributed by atoms with Gasteiger partial charge in [0.1, 0.15) is 17.5 Å². The van der Waals surface area contributed by atoms with Gasteiger partial charge in [-0.1, -0.05) is 13.8 Å². The zero-order chi connectivity index (χ0) is 16.1. The molecule has 22 heavy (non-hydrogen) atoms. The molecular formula is C16H27N5O. The van der Waals surface area contributed by atoms with Crippen molar-refractivity contribution in [2.45, 2.75) is 34.1 Å². The van der Waals surface area contributed by atoms with Gasteiger partial charge in [0.05, 0.1) is 0 Å². The van der Waals surface area contributed by atoms with Gasteiger partial charge in [0.2, 0.25) is 5.91 Å². The number of nitrogens with zero attached hydrogens (tertiary/aromatic N) is 4. The van der Waals surface area contributed by atoms with E-state index in [1.54, 1.807) is 0 Å². The lowest BCUT2D eigenvalue weighted by Gasteiger charge is -2.36. The maximum Gasteiger partial charge on any atom is 0.222 e. The zero-order valence-corrected chi connectivity index (χ0v) is 14.1. The van der Waals surface area contributed by atoms with Gasteiger partial charge in [-0.15, -0.1) is 0 Å². The number of hydrogen-bond acceptors (Lipinski definition) is 5. The Morgan fingerprint density at radius 1 is 1.27 bits per heavy atom. The van der Waals surface area contributed by atoms with E-state index in [9.17, 15) is 4.79 Å². The van der Waals surface area contributed by atoms with Crippen LogP contribution in [0, 0.1) is 12.8 Å². The fourth-order valence-electron chi connectivity index (χ4n) is 2.65. The van der Waals surface area contributed by atoms with Gasteiger partial charge >= 0.3 is 0 Å². The lowest BCUT2D eigenvalue weighted by molar-refractivity contribution is -0.132. The molecule has 0 radical (unpaired) electrons. The number of nitrogens with one attached hydrogen (secondary N) is 1. The van der Waals surface area contributed by atoms with Crippen molar-refractivity contribution < 1.29 is 4.79 Å². The summed E-state index contributed by atoms with van der Waals surface area (Å²) in [6.07, 6.45) is 0.636. The quantitative estimate of drug-likeness (QED) is 0.900. The predicted octanol–water partition coefficient (Wildman–Crippen LogP) is 1.91. The van der Waals surface area contributed by atoms with E-state index < -0.39 is 0 Å². The molecule has 0 saturated carbocycles. The Morgan fingerprint density at radius 2 is 1.95 bits per heavy atom. The summed E-state index contributed by atoms with van der Waals surface area (Å²) in [6.45, 7) is 12.2. The van der Waals surface area contributed by atoms with Crippen LogP contribution in [-0.4, -0.2) is 53.5 Å². The van der Waals surface area contributed by atoms with Gasteiger partial charge in [0.25, 0.3) is 0 Å². The van der Waals surface area contributed by atoms with Gasteiger partial charge in [0, 0.05) is 45.2 Å². The number of anilines is 2. The molecule has 6 nitrogen and oxygen atoms in total. The van der Waals surface area contributed by atoms with Crippen molar-refractivity contribution in [1.29, 1.82) is 0 Å². The summed E-state index contributed by atoms with van der Waals surface area (Å²) >= 11 is 0. The van der Waals surface area contributed by atoms with Crippen LogP contribution < -0.4 is 10.2 Å². The smallest absolute Gasteiger partial charge is 0.222 e. The van der Waals surface area contributed by atoms with Gasteiger partial charge in [-0.05, 0) is 19.8 Å². The fourth-order valence-corrected chi connectivity index (χ4v) is 2.65. The lowest BCUT2D eigenvalue weighted by Crippen LogP contribution is -2.49. The number of rotatable bonds is 5. The minimum atomic E-state index is 0.266. The van der Waals surface area contributed by atoms with Crippen LogP contribution in [0.15, 0.2) is 6.07 Å². The molecule has 1 amide bonds. The molecule has 6 heteroatoms. The third-order valence-electron chi connectivity index (χ3n) is 3.72. The Kier molecular flexibility index (Phi) is 5.57. The van der Waals surface area contributed by atoms with E-state index in [0.29, 0.717) is 12.3 Å². The van der Waals surface area contributed by atoms with Crippen LogP contribution in [0.4, 0.5) is 11.6 Å².